The summed E-state index contributed by atoms with van der Waals surface area (Å²) in [5.41, 5.74) is -1.55. The van der Waals surface area contributed by atoms with E-state index in [2.05, 4.69) is 0 Å². The number of aryl methyl sites for hydroxylation is 2. The van der Waals surface area contributed by atoms with Crippen LogP contribution in [0.5, 0.6) is 0 Å². The average molecular weight is 317 g/mol. The number of benzene rings is 1. The maximum atomic E-state index is 12.2. The van der Waals surface area contributed by atoms with Crippen LogP contribution in [0.2, 0.25) is 0 Å². The van der Waals surface area contributed by atoms with Crippen LogP contribution in [0.1, 0.15) is 21.6 Å². The molecule has 0 saturated carbocycles. The number of carbonyl (C=O) groups is 1. The number of carboxylic acid groups (broad SMARTS) is 1. The highest BCUT2D eigenvalue weighted by molar-refractivity contribution is 8.00. The molecule has 1 aromatic carbocycles. The van der Waals surface area contributed by atoms with Crippen molar-refractivity contribution in [3.63, 3.8) is 0 Å². The fourth-order valence-electron chi connectivity index (χ4n) is 2.32. The first kappa shape index (κ1) is 15.8. The molecule has 0 fully saturated rings. The molecule has 0 atom stereocenters. The summed E-state index contributed by atoms with van der Waals surface area (Å²) >= 11 is -0.0520. The highest BCUT2D eigenvalue weighted by Crippen LogP contribution is 2.31. The zero-order valence-corrected chi connectivity index (χ0v) is 12.3. The predicted molar refractivity (Wildman–Crippen MR) is 76.9 cm³/mol. The van der Waals surface area contributed by atoms with Crippen LogP contribution in [0, 0.1) is 13.8 Å². The summed E-state index contributed by atoms with van der Waals surface area (Å²) in [6.45, 7) is 3.90. The number of alkyl halides is 3. The number of halogens is 3. The second-order valence-corrected chi connectivity index (χ2v) is 5.85. The van der Waals surface area contributed by atoms with Gasteiger partial charge in [0.15, 0.2) is 0 Å². The van der Waals surface area contributed by atoms with Crippen LogP contribution >= 0.6 is 11.8 Å². The summed E-state index contributed by atoms with van der Waals surface area (Å²) in [5.74, 6) is -1.09. The minimum Gasteiger partial charge on any atom is -0.478 e. The molecule has 0 unspecified atom stereocenters. The molecule has 0 aliphatic heterocycles. The normalized spacial score (nSPS) is 12.0. The van der Waals surface area contributed by atoms with Gasteiger partial charge >= 0.3 is 11.5 Å². The van der Waals surface area contributed by atoms with Crippen molar-refractivity contribution in [2.24, 2.45) is 0 Å². The minimum absolute atomic E-state index is 0.0520. The number of hydrogen-bond acceptors (Lipinski definition) is 2. The van der Waals surface area contributed by atoms with Crippen LogP contribution in [0.25, 0.3) is 10.9 Å². The molecule has 1 N–H and O–H groups in total. The third-order valence-electron chi connectivity index (χ3n) is 3.47. The van der Waals surface area contributed by atoms with Crippen LogP contribution in [-0.4, -0.2) is 26.9 Å². The number of rotatable bonds is 4. The predicted octanol–water partition coefficient (Wildman–Crippen LogP) is 4.21. The number of thioether (sulfide) groups is 1. The van der Waals surface area contributed by atoms with Gasteiger partial charge in [-0.15, -0.1) is 0 Å². The Morgan fingerprint density at radius 2 is 2.00 bits per heavy atom. The quantitative estimate of drug-likeness (QED) is 0.918. The number of carboxylic acids is 1. The summed E-state index contributed by atoms with van der Waals surface area (Å²) in [5, 5.41) is 9.78. The smallest absolute Gasteiger partial charge is 0.441 e. The van der Waals surface area contributed by atoms with Gasteiger partial charge in [0.25, 0.3) is 0 Å². The van der Waals surface area contributed by atoms with Crippen molar-refractivity contribution in [3.05, 3.63) is 35.0 Å². The first-order chi connectivity index (χ1) is 9.70. The molecule has 0 spiro atoms. The summed E-state index contributed by atoms with van der Waals surface area (Å²) in [6, 6.07) is 4.68. The second-order valence-electron chi connectivity index (χ2n) is 4.69. The molecule has 1 aromatic heterocycles. The lowest BCUT2D eigenvalue weighted by atomic mass is 10.1. The van der Waals surface area contributed by atoms with Crippen LogP contribution in [-0.2, 0) is 6.54 Å². The zero-order valence-electron chi connectivity index (χ0n) is 11.5. The molecular weight excluding hydrogens is 303 g/mol. The fraction of sp³-hybridized carbons (Fsp3) is 0.357. The van der Waals surface area contributed by atoms with E-state index in [1.165, 1.54) is 6.07 Å². The van der Waals surface area contributed by atoms with Gasteiger partial charge in [-0.3, -0.25) is 0 Å². The van der Waals surface area contributed by atoms with Gasteiger partial charge in [-0.1, -0.05) is 0 Å². The Kier molecular flexibility index (Phi) is 4.22. The number of aromatic nitrogens is 1. The van der Waals surface area contributed by atoms with Gasteiger partial charge in [-0.2, -0.15) is 13.2 Å². The van der Waals surface area contributed by atoms with Gasteiger partial charge in [0.2, 0.25) is 0 Å². The van der Waals surface area contributed by atoms with Crippen molar-refractivity contribution < 1.29 is 23.1 Å². The van der Waals surface area contributed by atoms with Crippen LogP contribution in [0.4, 0.5) is 13.2 Å². The zero-order chi connectivity index (χ0) is 15.8. The Morgan fingerprint density at radius 3 is 2.57 bits per heavy atom. The van der Waals surface area contributed by atoms with Crippen molar-refractivity contribution >= 4 is 28.6 Å². The Morgan fingerprint density at radius 1 is 1.33 bits per heavy atom. The molecule has 1 heterocycles. The second kappa shape index (κ2) is 5.63. The van der Waals surface area contributed by atoms with E-state index in [0.717, 1.165) is 22.2 Å². The molecule has 7 heteroatoms. The molecular formula is C14H14F3NO2S. The highest BCUT2D eigenvalue weighted by Gasteiger charge is 2.27. The van der Waals surface area contributed by atoms with E-state index in [1.807, 2.05) is 13.8 Å². The van der Waals surface area contributed by atoms with E-state index in [-0.39, 0.29) is 29.6 Å². The molecule has 21 heavy (non-hydrogen) atoms. The van der Waals surface area contributed by atoms with E-state index < -0.39 is 11.5 Å². The maximum Gasteiger partial charge on any atom is 0.441 e. The molecule has 0 amide bonds. The Labute approximate surface area is 123 Å². The third-order valence-corrected chi connectivity index (χ3v) is 4.18. The highest BCUT2D eigenvalue weighted by atomic mass is 32.2. The van der Waals surface area contributed by atoms with Gasteiger partial charge in [0.05, 0.1) is 5.56 Å². The van der Waals surface area contributed by atoms with Crippen molar-refractivity contribution in [3.8, 4) is 0 Å². The Hall–Kier alpha value is -1.63. The van der Waals surface area contributed by atoms with Crippen molar-refractivity contribution in [2.75, 3.05) is 5.75 Å². The lowest BCUT2D eigenvalue weighted by Crippen LogP contribution is -2.08. The first-order valence-electron chi connectivity index (χ1n) is 6.24. The summed E-state index contributed by atoms with van der Waals surface area (Å²) in [7, 11) is 0. The minimum atomic E-state index is -4.23. The van der Waals surface area contributed by atoms with E-state index in [4.69, 9.17) is 5.11 Å². The molecule has 3 nitrogen and oxygen atoms in total. The standard InChI is InChI=1S/C14H14F3NO2S/c1-8-9(2)18(5-6-21-14(15,16)17)12-4-3-10(13(19)20)7-11(8)12/h3-4,7H,5-6H2,1-2H3,(H,19,20). The number of nitrogens with zero attached hydrogens (tertiary/aromatic N) is 1. The van der Waals surface area contributed by atoms with E-state index in [0.29, 0.717) is 0 Å². The lowest BCUT2D eigenvalue weighted by molar-refractivity contribution is -0.0328. The van der Waals surface area contributed by atoms with Gasteiger partial charge < -0.3 is 9.67 Å². The topological polar surface area (TPSA) is 42.2 Å². The molecule has 2 aromatic rings. The van der Waals surface area contributed by atoms with Crippen molar-refractivity contribution in [2.45, 2.75) is 25.9 Å². The summed E-state index contributed by atoms with van der Waals surface area (Å²) < 4.78 is 38.4. The van der Waals surface area contributed by atoms with E-state index in [1.54, 1.807) is 16.7 Å². The van der Waals surface area contributed by atoms with Gasteiger partial charge in [0.1, 0.15) is 0 Å². The molecule has 0 radical (unpaired) electrons. The Bertz CT molecular complexity index is 692. The van der Waals surface area contributed by atoms with Gasteiger partial charge in [-0.25, -0.2) is 4.79 Å². The van der Waals surface area contributed by atoms with Crippen LogP contribution in [0.15, 0.2) is 18.2 Å². The molecule has 114 valence electrons. The van der Waals surface area contributed by atoms with Crippen LogP contribution < -0.4 is 0 Å². The third kappa shape index (κ3) is 3.34. The van der Waals surface area contributed by atoms with Crippen molar-refractivity contribution in [1.29, 1.82) is 0 Å². The van der Waals surface area contributed by atoms with E-state index in [9.17, 15) is 18.0 Å². The SMILES string of the molecule is Cc1c(C)n(CCSC(F)(F)F)c2ccc(C(=O)O)cc12. The Balaban J connectivity index is 2.36. The number of hydrogen-bond donors (Lipinski definition) is 1. The van der Waals surface area contributed by atoms with Gasteiger partial charge in [-0.05, 0) is 49.4 Å². The average Bonchev–Trinajstić information content (AvgIpc) is 2.62. The largest absolute Gasteiger partial charge is 0.478 e. The summed E-state index contributed by atoms with van der Waals surface area (Å²) in [4.78, 5) is 11.0. The first-order valence-corrected chi connectivity index (χ1v) is 7.22. The molecule has 0 bridgehead atoms. The molecule has 2 rings (SSSR count). The van der Waals surface area contributed by atoms with Crippen molar-refractivity contribution in [1.82, 2.24) is 4.57 Å². The fourth-order valence-corrected chi connectivity index (χ4v) is 2.83. The molecule has 0 aliphatic carbocycles. The monoisotopic (exact) mass is 317 g/mol. The van der Waals surface area contributed by atoms with E-state index >= 15 is 0 Å². The number of fused-ring (bicyclic) bond motifs is 1. The van der Waals surface area contributed by atoms with Crippen LogP contribution in [0.3, 0.4) is 0 Å². The summed E-state index contributed by atoms with van der Waals surface area (Å²) in [6.07, 6.45) is 0. The molecule has 0 aliphatic rings. The lowest BCUT2D eigenvalue weighted by Gasteiger charge is -2.10. The molecule has 0 saturated heterocycles. The van der Waals surface area contributed by atoms with Gasteiger partial charge in [0, 0.05) is 28.9 Å². The number of aromatic carboxylic acids is 1. The maximum absolute atomic E-state index is 12.2.